The first-order valence-electron chi connectivity index (χ1n) is 9.39. The maximum absolute atomic E-state index is 13.7. The molecule has 158 valence electrons. The molecule has 2 N–H and O–H groups in total. The minimum Gasteiger partial charge on any atom is -0.378 e. The zero-order valence-electron chi connectivity index (χ0n) is 16.5. The predicted molar refractivity (Wildman–Crippen MR) is 111 cm³/mol. The summed E-state index contributed by atoms with van der Waals surface area (Å²) in [6, 6.07) is 8.56. The topological polar surface area (TPSA) is 48.9 Å². The van der Waals surface area contributed by atoms with Crippen LogP contribution in [-0.2, 0) is 24.0 Å². The van der Waals surface area contributed by atoms with Crippen LogP contribution in [0.25, 0.3) is 0 Å². The van der Waals surface area contributed by atoms with Crippen molar-refractivity contribution in [1.82, 2.24) is 10.6 Å². The Balaban J connectivity index is 1.68. The van der Waals surface area contributed by atoms with Crippen molar-refractivity contribution in [3.63, 3.8) is 0 Å². The van der Waals surface area contributed by atoms with Crippen molar-refractivity contribution in [3.8, 4) is 0 Å². The Kier molecular flexibility index (Phi) is 7.02. The van der Waals surface area contributed by atoms with Crippen LogP contribution in [-0.4, -0.2) is 39.3 Å². The maximum Gasteiger partial charge on any atom is 0.416 e. The average molecular weight is 427 g/mol. The van der Waals surface area contributed by atoms with Crippen LogP contribution in [0.4, 0.5) is 18.9 Å². The molecule has 29 heavy (non-hydrogen) atoms. The molecule has 2 heterocycles. The third-order valence-electron chi connectivity index (χ3n) is 4.67. The molecule has 1 fully saturated rings. The molecule has 3 rings (SSSR count). The van der Waals surface area contributed by atoms with E-state index in [-0.39, 0.29) is 12.1 Å². The number of thiophene rings is 1. The summed E-state index contributed by atoms with van der Waals surface area (Å²) in [6.07, 6.45) is -4.43. The number of alkyl halides is 3. The fourth-order valence-corrected chi connectivity index (χ4v) is 3.98. The fraction of sp³-hybridized carbons (Fsp3) is 0.450. The number of halogens is 3. The van der Waals surface area contributed by atoms with E-state index in [0.29, 0.717) is 44.5 Å². The minimum atomic E-state index is -4.43. The molecule has 2 aromatic rings. The summed E-state index contributed by atoms with van der Waals surface area (Å²) < 4.78 is 46.3. The number of guanidine groups is 1. The molecule has 0 saturated carbocycles. The number of anilines is 1. The largest absolute Gasteiger partial charge is 0.416 e. The van der Waals surface area contributed by atoms with Gasteiger partial charge in [-0.05, 0) is 36.8 Å². The van der Waals surface area contributed by atoms with Gasteiger partial charge in [0.15, 0.2) is 5.96 Å². The molecule has 1 saturated heterocycles. The summed E-state index contributed by atoms with van der Waals surface area (Å²) >= 11 is 1.67. The minimum absolute atomic E-state index is 0.0291. The van der Waals surface area contributed by atoms with E-state index < -0.39 is 11.7 Å². The van der Waals surface area contributed by atoms with Crippen LogP contribution in [0.3, 0.4) is 0 Å². The molecule has 0 radical (unpaired) electrons. The first kappa shape index (κ1) is 21.4. The van der Waals surface area contributed by atoms with Crippen LogP contribution in [0, 0.1) is 6.92 Å². The SMILES string of the molecule is CN=C(NCc1ccc(C)s1)NCc1ccc(N2CCOCC2)cc1C(F)(F)F. The van der Waals surface area contributed by atoms with E-state index in [2.05, 4.69) is 15.6 Å². The van der Waals surface area contributed by atoms with Crippen molar-refractivity contribution in [2.75, 3.05) is 38.3 Å². The lowest BCUT2D eigenvalue weighted by atomic mass is 10.0. The van der Waals surface area contributed by atoms with Crippen LogP contribution in [0.15, 0.2) is 35.3 Å². The van der Waals surface area contributed by atoms with Gasteiger partial charge in [-0.2, -0.15) is 13.2 Å². The van der Waals surface area contributed by atoms with E-state index in [1.54, 1.807) is 24.5 Å². The highest BCUT2D eigenvalue weighted by Gasteiger charge is 2.34. The van der Waals surface area contributed by atoms with Gasteiger partial charge in [-0.3, -0.25) is 4.99 Å². The lowest BCUT2D eigenvalue weighted by molar-refractivity contribution is -0.138. The number of morpholine rings is 1. The highest BCUT2D eigenvalue weighted by Crippen LogP contribution is 2.35. The van der Waals surface area contributed by atoms with Crippen LogP contribution in [0.1, 0.15) is 20.9 Å². The molecule has 0 atom stereocenters. The molecule has 1 aliphatic rings. The number of hydrogen-bond donors (Lipinski definition) is 2. The molecule has 5 nitrogen and oxygen atoms in total. The second kappa shape index (κ2) is 9.49. The molecule has 0 amide bonds. The number of rotatable bonds is 5. The Hall–Kier alpha value is -2.26. The Bertz CT molecular complexity index is 844. The predicted octanol–water partition coefficient (Wildman–Crippen LogP) is 3.78. The number of nitrogens with zero attached hydrogens (tertiary/aromatic N) is 2. The Morgan fingerprint density at radius 2 is 1.86 bits per heavy atom. The zero-order chi connectivity index (χ0) is 20.9. The maximum atomic E-state index is 13.7. The van der Waals surface area contributed by atoms with Gasteiger partial charge >= 0.3 is 6.18 Å². The normalized spacial score (nSPS) is 15.5. The molecule has 1 aromatic heterocycles. The molecule has 0 spiro atoms. The van der Waals surface area contributed by atoms with Crippen LogP contribution in [0.2, 0.25) is 0 Å². The van der Waals surface area contributed by atoms with Crippen LogP contribution in [0.5, 0.6) is 0 Å². The summed E-state index contributed by atoms with van der Waals surface area (Å²) in [4.78, 5) is 8.36. The highest BCUT2D eigenvalue weighted by atomic mass is 32.1. The van der Waals surface area contributed by atoms with Crippen LogP contribution < -0.4 is 15.5 Å². The third-order valence-corrected chi connectivity index (χ3v) is 5.67. The molecule has 0 unspecified atom stereocenters. The second-order valence-electron chi connectivity index (χ2n) is 6.73. The molecule has 9 heteroatoms. The van der Waals surface area contributed by atoms with Crippen LogP contribution >= 0.6 is 11.3 Å². The van der Waals surface area contributed by atoms with Crippen molar-refractivity contribution in [1.29, 1.82) is 0 Å². The van der Waals surface area contributed by atoms with Gasteiger partial charge in [0.05, 0.1) is 25.3 Å². The van der Waals surface area contributed by atoms with Crippen molar-refractivity contribution in [3.05, 3.63) is 51.2 Å². The van der Waals surface area contributed by atoms with E-state index in [1.807, 2.05) is 24.0 Å². The van der Waals surface area contributed by atoms with Gasteiger partial charge in [0, 0.05) is 42.1 Å². The van der Waals surface area contributed by atoms with E-state index in [0.717, 1.165) is 4.88 Å². The van der Waals surface area contributed by atoms with Crippen molar-refractivity contribution in [2.45, 2.75) is 26.2 Å². The lowest BCUT2D eigenvalue weighted by Gasteiger charge is -2.29. The summed E-state index contributed by atoms with van der Waals surface area (Å²) in [5, 5.41) is 6.12. The average Bonchev–Trinajstić information content (AvgIpc) is 3.13. The van der Waals surface area contributed by atoms with Gasteiger partial charge in [0.25, 0.3) is 0 Å². The molecule has 1 aromatic carbocycles. The quantitative estimate of drug-likeness (QED) is 0.564. The number of nitrogens with one attached hydrogen (secondary N) is 2. The van der Waals surface area contributed by atoms with Crippen molar-refractivity contribution < 1.29 is 17.9 Å². The van der Waals surface area contributed by atoms with Gasteiger partial charge < -0.3 is 20.3 Å². The second-order valence-corrected chi connectivity index (χ2v) is 8.10. The number of benzene rings is 1. The van der Waals surface area contributed by atoms with Gasteiger partial charge in [-0.1, -0.05) is 6.07 Å². The Morgan fingerprint density at radius 3 is 2.48 bits per heavy atom. The van der Waals surface area contributed by atoms with E-state index in [4.69, 9.17) is 4.74 Å². The van der Waals surface area contributed by atoms with Gasteiger partial charge in [-0.25, -0.2) is 0 Å². The fourth-order valence-electron chi connectivity index (χ4n) is 3.15. The van der Waals surface area contributed by atoms with Gasteiger partial charge in [0.2, 0.25) is 0 Å². The number of ether oxygens (including phenoxy) is 1. The third kappa shape index (κ3) is 5.86. The summed E-state index contributed by atoms with van der Waals surface area (Å²) in [7, 11) is 1.60. The van der Waals surface area contributed by atoms with E-state index in [9.17, 15) is 13.2 Å². The van der Waals surface area contributed by atoms with E-state index in [1.165, 1.54) is 17.0 Å². The molecular weight excluding hydrogens is 401 g/mol. The monoisotopic (exact) mass is 426 g/mol. The van der Waals surface area contributed by atoms with Gasteiger partial charge in [-0.15, -0.1) is 11.3 Å². The first-order valence-corrected chi connectivity index (χ1v) is 10.2. The molecular formula is C20H25F3N4OS. The molecule has 0 bridgehead atoms. The Labute approximate surface area is 172 Å². The highest BCUT2D eigenvalue weighted by molar-refractivity contribution is 7.11. The summed E-state index contributed by atoms with van der Waals surface area (Å²) in [6.45, 7) is 4.86. The standard InChI is InChI=1S/C20H25F3N4OS/c1-14-3-6-17(29-14)13-26-19(24-2)25-12-15-4-5-16(11-18(15)20(21,22)23)27-7-9-28-10-8-27/h3-6,11H,7-10,12-13H2,1-2H3,(H2,24,25,26). The Morgan fingerprint density at radius 1 is 1.14 bits per heavy atom. The first-order chi connectivity index (χ1) is 13.9. The summed E-state index contributed by atoms with van der Waals surface area (Å²) in [5.74, 6) is 0.460. The number of hydrogen-bond acceptors (Lipinski definition) is 4. The van der Waals surface area contributed by atoms with Crippen molar-refractivity contribution >= 4 is 23.0 Å². The number of aryl methyl sites for hydroxylation is 1. The molecule has 0 aliphatic carbocycles. The van der Waals surface area contributed by atoms with Gasteiger partial charge in [0.1, 0.15) is 0 Å². The van der Waals surface area contributed by atoms with E-state index >= 15 is 0 Å². The lowest BCUT2D eigenvalue weighted by Crippen LogP contribution is -2.37. The molecule has 1 aliphatic heterocycles. The smallest absolute Gasteiger partial charge is 0.378 e. The summed E-state index contributed by atoms with van der Waals surface area (Å²) in [5.41, 5.74) is 0.128. The zero-order valence-corrected chi connectivity index (χ0v) is 17.3. The number of aliphatic imine (C=N–C) groups is 1. The van der Waals surface area contributed by atoms with Crippen molar-refractivity contribution in [2.24, 2.45) is 4.99 Å².